The van der Waals surface area contributed by atoms with Gasteiger partial charge in [0.15, 0.2) is 12.4 Å². The van der Waals surface area contributed by atoms with Crippen molar-refractivity contribution in [1.29, 1.82) is 0 Å². The number of hydrogen-bond acceptors (Lipinski definition) is 10. The number of esters is 1. The molecule has 0 saturated carbocycles. The number of carbonyl (C=O) groups excluding carboxylic acids is 2. The van der Waals surface area contributed by atoms with E-state index in [0.717, 1.165) is 103 Å². The van der Waals surface area contributed by atoms with Gasteiger partial charge in [0.2, 0.25) is 5.91 Å². The first-order valence-electron chi connectivity index (χ1n) is 29.7. The lowest BCUT2D eigenvalue weighted by Crippen LogP contribution is -2.61. The van der Waals surface area contributed by atoms with E-state index >= 15 is 0 Å². The van der Waals surface area contributed by atoms with Crippen LogP contribution in [0, 0.1) is 0 Å². The molecule has 0 spiro atoms. The fourth-order valence-electron chi connectivity index (χ4n) is 8.53. The summed E-state index contributed by atoms with van der Waals surface area (Å²) in [6.45, 7) is 5.57. The van der Waals surface area contributed by atoms with Crippen LogP contribution < -0.4 is 5.32 Å². The first-order valence-corrected chi connectivity index (χ1v) is 29.7. The number of unbranched alkanes of at least 4 members (excludes halogenated alkanes) is 21. The average Bonchev–Trinajstić information content (AvgIpc) is 3.41. The van der Waals surface area contributed by atoms with E-state index in [1.807, 2.05) is 42.5 Å². The van der Waals surface area contributed by atoms with Crippen molar-refractivity contribution in [1.82, 2.24) is 5.32 Å². The van der Waals surface area contributed by atoms with Crippen LogP contribution in [-0.2, 0) is 23.8 Å². The Balaban J connectivity index is 2.78. The van der Waals surface area contributed by atoms with Gasteiger partial charge in [-0.25, -0.2) is 0 Å². The highest BCUT2D eigenvalue weighted by Gasteiger charge is 2.47. The van der Waals surface area contributed by atoms with Crippen LogP contribution >= 0.6 is 0 Å². The molecule has 1 fully saturated rings. The second kappa shape index (κ2) is 51.1. The van der Waals surface area contributed by atoms with Crippen molar-refractivity contribution in [3.8, 4) is 0 Å². The van der Waals surface area contributed by atoms with E-state index < -0.39 is 67.4 Å². The lowest BCUT2D eigenvalue weighted by molar-refractivity contribution is -0.305. The first-order chi connectivity index (χ1) is 36.7. The minimum absolute atomic E-state index is 0.0872. The van der Waals surface area contributed by atoms with Crippen LogP contribution in [0.2, 0.25) is 0 Å². The smallest absolute Gasteiger partial charge is 0.306 e. The molecule has 0 aliphatic carbocycles. The normalized spacial score (nSPS) is 20.0. The maximum absolute atomic E-state index is 13.4. The van der Waals surface area contributed by atoms with Crippen LogP contribution in [0.15, 0.2) is 109 Å². The van der Waals surface area contributed by atoms with Crippen molar-refractivity contribution < 1.29 is 49.3 Å². The standard InChI is InChI=1S/C64H107NO10/c1-4-7-10-13-16-19-22-25-27-28-29-31-33-36-39-42-45-48-51-57(68)63(72)65-55(56(67)50-47-44-41-38-35-32-24-21-18-15-12-9-6-3)54-73-64-62(61(71)60(70)58(53-66)74-64)75-59(69)52-49-46-43-40-37-34-30-26-23-20-17-14-11-8-5-2/h8,11,14,16-17,19-20,23,25-27,29-31,36,39,47,50,55-58,60-62,64,66-68,70-71H,4-7,9-10,12-13,15,18,21-22,24,28,32-35,37-38,40-46,48-49,51-54H2,1-3H3,(H,65,72)/b11-8+,17-14+,19-16-,23-20+,27-25-,30-26-,31-29-,39-36-,50-47+. The second-order valence-corrected chi connectivity index (χ2v) is 20.1. The number of ether oxygens (including phenoxy) is 3. The van der Waals surface area contributed by atoms with Gasteiger partial charge in [-0.1, -0.05) is 233 Å². The molecule has 0 aromatic carbocycles. The van der Waals surface area contributed by atoms with Crippen LogP contribution in [-0.4, -0.2) is 99.6 Å². The van der Waals surface area contributed by atoms with Gasteiger partial charge in [0.05, 0.1) is 25.4 Å². The molecule has 1 aliphatic rings. The molecule has 11 nitrogen and oxygen atoms in total. The quantitative estimate of drug-likeness (QED) is 0.0149. The molecule has 1 heterocycles. The van der Waals surface area contributed by atoms with E-state index in [9.17, 15) is 35.1 Å². The second-order valence-electron chi connectivity index (χ2n) is 20.1. The fraction of sp³-hybridized carbons (Fsp3) is 0.688. The van der Waals surface area contributed by atoms with E-state index in [2.05, 4.69) is 86.8 Å². The Hall–Kier alpha value is -3.68. The number of aliphatic hydroxyl groups is 5. The van der Waals surface area contributed by atoms with E-state index in [0.29, 0.717) is 12.8 Å². The van der Waals surface area contributed by atoms with Gasteiger partial charge in [-0.2, -0.15) is 0 Å². The molecular formula is C64H107NO10. The van der Waals surface area contributed by atoms with Gasteiger partial charge < -0.3 is 45.1 Å². The zero-order chi connectivity index (χ0) is 54.7. The molecule has 0 radical (unpaired) electrons. The Morgan fingerprint density at radius 2 is 1.01 bits per heavy atom. The monoisotopic (exact) mass is 1050 g/mol. The molecule has 8 atom stereocenters. The minimum Gasteiger partial charge on any atom is -0.454 e. The summed E-state index contributed by atoms with van der Waals surface area (Å²) in [7, 11) is 0. The summed E-state index contributed by atoms with van der Waals surface area (Å²) < 4.78 is 17.5. The number of hydrogen-bond donors (Lipinski definition) is 6. The molecule has 8 unspecified atom stereocenters. The van der Waals surface area contributed by atoms with Gasteiger partial charge in [0, 0.05) is 6.42 Å². The lowest BCUT2D eigenvalue weighted by atomic mass is 9.99. The largest absolute Gasteiger partial charge is 0.454 e. The molecule has 0 bridgehead atoms. The summed E-state index contributed by atoms with van der Waals surface area (Å²) in [6.07, 6.45) is 58.3. The van der Waals surface area contributed by atoms with E-state index in [1.54, 1.807) is 6.08 Å². The van der Waals surface area contributed by atoms with Crippen LogP contribution in [0.3, 0.4) is 0 Å². The van der Waals surface area contributed by atoms with Crippen molar-refractivity contribution in [2.45, 2.75) is 269 Å². The molecule has 6 N–H and O–H groups in total. The Morgan fingerprint density at radius 1 is 0.547 bits per heavy atom. The van der Waals surface area contributed by atoms with Gasteiger partial charge in [-0.15, -0.1) is 0 Å². The van der Waals surface area contributed by atoms with Crippen molar-refractivity contribution in [2.24, 2.45) is 0 Å². The van der Waals surface area contributed by atoms with E-state index in [1.165, 1.54) is 70.6 Å². The number of allylic oxidation sites excluding steroid dienone is 17. The SMILES string of the molecule is CC/C=C/C=C/C=C/C=C\CCCCCCCC(=O)OC1C(OCC(NC(=O)C(O)CCCC/C=C\C/C=C\C/C=C\C/C=C\CCCCC)C(O)/C=C/CCCCCCCCCCCCC)OC(CO)C(O)C1O. The molecule has 1 rings (SSSR count). The summed E-state index contributed by atoms with van der Waals surface area (Å²) in [6, 6.07) is -1.05. The highest BCUT2D eigenvalue weighted by Crippen LogP contribution is 2.26. The van der Waals surface area contributed by atoms with Crippen molar-refractivity contribution in [3.63, 3.8) is 0 Å². The highest BCUT2D eigenvalue weighted by atomic mass is 16.7. The van der Waals surface area contributed by atoms with Crippen LogP contribution in [0.4, 0.5) is 0 Å². The van der Waals surface area contributed by atoms with Crippen LogP contribution in [0.5, 0.6) is 0 Å². The van der Waals surface area contributed by atoms with Gasteiger partial charge in [0.1, 0.15) is 24.4 Å². The summed E-state index contributed by atoms with van der Waals surface area (Å²) in [5.74, 6) is -1.26. The molecule has 75 heavy (non-hydrogen) atoms. The average molecular weight is 1050 g/mol. The maximum Gasteiger partial charge on any atom is 0.306 e. The third kappa shape index (κ3) is 39.4. The molecular weight excluding hydrogens is 943 g/mol. The van der Waals surface area contributed by atoms with Crippen LogP contribution in [0.25, 0.3) is 0 Å². The molecule has 1 saturated heterocycles. The molecule has 0 aromatic rings. The summed E-state index contributed by atoms with van der Waals surface area (Å²) >= 11 is 0. The number of nitrogens with one attached hydrogen (secondary N) is 1. The van der Waals surface area contributed by atoms with Gasteiger partial charge in [0.25, 0.3) is 0 Å². The molecule has 428 valence electrons. The third-order valence-corrected chi connectivity index (χ3v) is 13.3. The highest BCUT2D eigenvalue weighted by molar-refractivity contribution is 5.80. The predicted molar refractivity (Wildman–Crippen MR) is 310 cm³/mol. The minimum atomic E-state index is -1.64. The molecule has 0 aromatic heterocycles. The zero-order valence-electron chi connectivity index (χ0n) is 47.1. The van der Waals surface area contributed by atoms with Gasteiger partial charge in [-0.05, 0) is 89.9 Å². The number of rotatable bonds is 48. The molecule has 1 aliphatic heterocycles. The van der Waals surface area contributed by atoms with E-state index in [4.69, 9.17) is 14.2 Å². The lowest BCUT2D eigenvalue weighted by Gasteiger charge is -2.41. The third-order valence-electron chi connectivity index (χ3n) is 13.3. The van der Waals surface area contributed by atoms with Crippen LogP contribution in [0.1, 0.15) is 220 Å². The Kier molecular flexibility index (Phi) is 47.2. The van der Waals surface area contributed by atoms with Gasteiger partial charge in [-0.3, -0.25) is 9.59 Å². The summed E-state index contributed by atoms with van der Waals surface area (Å²) in [5, 5.41) is 56.9. The first kappa shape index (κ1) is 69.3. The summed E-state index contributed by atoms with van der Waals surface area (Å²) in [5.41, 5.74) is 0. The van der Waals surface area contributed by atoms with Gasteiger partial charge >= 0.3 is 5.97 Å². The maximum atomic E-state index is 13.4. The number of aliphatic hydroxyl groups excluding tert-OH is 5. The zero-order valence-corrected chi connectivity index (χ0v) is 47.1. The van der Waals surface area contributed by atoms with E-state index in [-0.39, 0.29) is 19.4 Å². The summed E-state index contributed by atoms with van der Waals surface area (Å²) in [4.78, 5) is 26.5. The predicted octanol–water partition coefficient (Wildman–Crippen LogP) is 13.7. The number of amides is 1. The Labute approximate surface area is 456 Å². The fourth-order valence-corrected chi connectivity index (χ4v) is 8.53. The van der Waals surface area contributed by atoms with Crippen molar-refractivity contribution in [2.75, 3.05) is 13.2 Å². The molecule has 1 amide bonds. The number of carbonyl (C=O) groups is 2. The molecule has 11 heteroatoms. The Bertz CT molecular complexity index is 1630. The van der Waals surface area contributed by atoms with Crippen molar-refractivity contribution >= 4 is 11.9 Å². The van der Waals surface area contributed by atoms with Crippen molar-refractivity contribution in [3.05, 3.63) is 109 Å². The topological polar surface area (TPSA) is 175 Å². The Morgan fingerprint density at radius 3 is 1.59 bits per heavy atom.